The number of benzene rings is 3. The first kappa shape index (κ1) is 17.6. The zero-order chi connectivity index (χ0) is 18.9. The summed E-state index contributed by atoms with van der Waals surface area (Å²) in [5, 5.41) is 8.04. The number of para-hydroxylation sites is 1. The minimum Gasteiger partial charge on any atom is -0.443 e. The third kappa shape index (κ3) is 2.96. The average molecular weight is 373 g/mol. The van der Waals surface area contributed by atoms with Crippen molar-refractivity contribution in [3.8, 4) is 0 Å². The molecule has 0 aliphatic rings. The summed E-state index contributed by atoms with van der Waals surface area (Å²) in [6.07, 6.45) is 1.87. The fourth-order valence-corrected chi connectivity index (χ4v) is 8.05. The quantitative estimate of drug-likeness (QED) is 0.506. The van der Waals surface area contributed by atoms with E-state index in [0.717, 1.165) is 10.9 Å². The zero-order valence-corrected chi connectivity index (χ0v) is 17.0. The molecule has 3 nitrogen and oxygen atoms in total. The smallest absolute Gasteiger partial charge is 0.354 e. The monoisotopic (exact) mass is 372 g/mol. The van der Waals surface area contributed by atoms with Gasteiger partial charge in [0.25, 0.3) is 0 Å². The molecule has 1 aromatic heterocycles. The van der Waals surface area contributed by atoms with Crippen LogP contribution in [0.1, 0.15) is 20.8 Å². The minimum atomic E-state index is -2.67. The van der Waals surface area contributed by atoms with E-state index in [1.54, 1.807) is 4.85 Å². The highest BCUT2D eigenvalue weighted by atomic mass is 28.4. The molecule has 0 aliphatic carbocycles. The van der Waals surface area contributed by atoms with Crippen LogP contribution in [0.3, 0.4) is 0 Å². The molecule has 0 fully saturated rings. The van der Waals surface area contributed by atoms with Gasteiger partial charge in [0.2, 0.25) is 0 Å². The number of hydrogen-bond donors (Lipinski definition) is 0. The molecule has 3 aromatic carbocycles. The lowest BCUT2D eigenvalue weighted by atomic mass is 10.2. The summed E-state index contributed by atoms with van der Waals surface area (Å²) < 4.78 is 6.94. The van der Waals surface area contributed by atoms with E-state index < -0.39 is 8.32 Å². The maximum absolute atomic E-state index is 6.94. The molecule has 0 aliphatic heterocycles. The van der Waals surface area contributed by atoms with E-state index in [1.165, 1.54) is 10.4 Å². The van der Waals surface area contributed by atoms with Crippen LogP contribution in [0.25, 0.3) is 10.9 Å². The minimum absolute atomic E-state index is 0.0945. The number of rotatable bonds is 4. The third-order valence-electron chi connectivity index (χ3n) is 5.08. The zero-order valence-electron chi connectivity index (χ0n) is 16.0. The predicted octanol–water partition coefficient (Wildman–Crippen LogP) is 4.02. The molecule has 4 heteroatoms. The molecule has 1 heterocycles. The van der Waals surface area contributed by atoms with Gasteiger partial charge in [0.15, 0.2) is 0 Å². The van der Waals surface area contributed by atoms with Crippen molar-refractivity contribution in [2.45, 2.75) is 25.8 Å². The lowest BCUT2D eigenvalue weighted by molar-refractivity contribution is 0.231. The number of hydrogen-bond acceptors (Lipinski definition) is 2. The number of nitrogens with zero attached hydrogens (tertiary/aromatic N) is 2. The molecule has 0 amide bonds. The predicted molar refractivity (Wildman–Crippen MR) is 114 cm³/mol. The van der Waals surface area contributed by atoms with Crippen LogP contribution in [0.2, 0.25) is 5.04 Å². The summed E-state index contributed by atoms with van der Waals surface area (Å²) in [6, 6.07) is 29.4. The second kappa shape index (κ2) is 6.71. The molecule has 0 radical (unpaired) electrons. The molecule has 0 saturated carbocycles. The van der Waals surface area contributed by atoms with E-state index in [4.69, 9.17) is 4.53 Å². The highest BCUT2D eigenvalue weighted by molar-refractivity contribution is 6.99. The Hall–Kier alpha value is -2.85. The van der Waals surface area contributed by atoms with Gasteiger partial charge in [0.05, 0.1) is 6.20 Å². The summed E-state index contributed by atoms with van der Waals surface area (Å²) in [6.45, 7) is 6.81. The van der Waals surface area contributed by atoms with Crippen molar-refractivity contribution in [3.63, 3.8) is 0 Å². The first-order valence-corrected chi connectivity index (χ1v) is 11.2. The van der Waals surface area contributed by atoms with Crippen LogP contribution in [0, 0.1) is 0 Å². The van der Waals surface area contributed by atoms with Crippen LogP contribution < -0.4 is 14.9 Å². The van der Waals surface area contributed by atoms with Gasteiger partial charge in [-0.1, -0.05) is 99.6 Å². The Labute approximate surface area is 161 Å². The molecule has 136 valence electrons. The van der Waals surface area contributed by atoms with Crippen molar-refractivity contribution >= 4 is 29.6 Å². The van der Waals surface area contributed by atoms with Gasteiger partial charge in [0, 0.05) is 10.4 Å². The summed E-state index contributed by atoms with van der Waals surface area (Å²) in [5.41, 5.74) is 0.991. The molecule has 27 heavy (non-hydrogen) atoms. The van der Waals surface area contributed by atoms with E-state index in [-0.39, 0.29) is 5.04 Å². The van der Waals surface area contributed by atoms with Gasteiger partial charge in [-0.3, -0.25) is 0 Å². The fraction of sp³-hybridized carbons (Fsp3) is 0.174. The van der Waals surface area contributed by atoms with Gasteiger partial charge in [-0.2, -0.15) is 0 Å². The molecule has 0 spiro atoms. The van der Waals surface area contributed by atoms with Crippen molar-refractivity contribution in [2.75, 3.05) is 0 Å². The first-order valence-electron chi connectivity index (χ1n) is 9.26. The second-order valence-corrected chi connectivity index (χ2v) is 12.0. The van der Waals surface area contributed by atoms with Gasteiger partial charge >= 0.3 is 8.32 Å². The van der Waals surface area contributed by atoms with Gasteiger partial charge in [0.1, 0.15) is 5.52 Å². The Morgan fingerprint density at radius 2 is 1.26 bits per heavy atom. The molecule has 0 N–H and O–H groups in total. The number of fused-ring (bicyclic) bond motifs is 1. The Balaban J connectivity index is 1.98. The average Bonchev–Trinajstić information content (AvgIpc) is 3.09. The molecule has 4 aromatic rings. The van der Waals surface area contributed by atoms with Crippen molar-refractivity contribution in [1.29, 1.82) is 0 Å². The molecule has 4 rings (SSSR count). The molecule has 0 atom stereocenters. The first-order chi connectivity index (χ1) is 13.0. The van der Waals surface area contributed by atoms with Gasteiger partial charge in [-0.25, -0.2) is 0 Å². The molecule has 0 bridgehead atoms. The highest BCUT2D eigenvalue weighted by Crippen LogP contribution is 2.35. The highest BCUT2D eigenvalue weighted by Gasteiger charge is 2.53. The largest absolute Gasteiger partial charge is 0.443 e. The van der Waals surface area contributed by atoms with Crippen molar-refractivity contribution in [3.05, 3.63) is 91.1 Å². The van der Waals surface area contributed by atoms with Crippen molar-refractivity contribution in [1.82, 2.24) is 9.94 Å². The van der Waals surface area contributed by atoms with E-state index in [2.05, 4.69) is 98.7 Å². The maximum Gasteiger partial charge on any atom is 0.354 e. The van der Waals surface area contributed by atoms with Crippen LogP contribution in [0.5, 0.6) is 0 Å². The lowest BCUT2D eigenvalue weighted by Gasteiger charge is -2.41. The Bertz CT molecular complexity index is 997. The van der Waals surface area contributed by atoms with Crippen molar-refractivity contribution in [2.24, 2.45) is 0 Å². The SMILES string of the molecule is CC(C)(C)[Si](On1ncc2ccccc21)(c1ccccc1)c1ccccc1. The van der Waals surface area contributed by atoms with Crippen molar-refractivity contribution < 1.29 is 4.53 Å². The summed E-state index contributed by atoms with van der Waals surface area (Å²) in [7, 11) is -2.67. The van der Waals surface area contributed by atoms with Crippen LogP contribution in [-0.4, -0.2) is 18.3 Å². The Kier molecular flexibility index (Phi) is 4.36. The molecule has 0 unspecified atom stereocenters. The van der Waals surface area contributed by atoms with Crippen LogP contribution in [0.4, 0.5) is 0 Å². The Morgan fingerprint density at radius 1 is 0.741 bits per heavy atom. The van der Waals surface area contributed by atoms with E-state index in [1.807, 2.05) is 18.3 Å². The van der Waals surface area contributed by atoms with Crippen LogP contribution in [0.15, 0.2) is 91.1 Å². The van der Waals surface area contributed by atoms with Gasteiger partial charge in [-0.05, 0) is 16.4 Å². The molecular weight excluding hydrogens is 348 g/mol. The second-order valence-electron chi connectivity index (χ2n) is 7.83. The molecular formula is C23H24N2OSi. The standard InChI is InChI=1S/C23H24N2OSi/c1-23(2,3)27(20-13-6-4-7-14-20,21-15-8-5-9-16-21)26-25-22-17-11-10-12-19(22)18-24-25/h4-18H,1-3H3. The van der Waals surface area contributed by atoms with Gasteiger partial charge in [-0.15, -0.1) is 9.94 Å². The van der Waals surface area contributed by atoms with E-state index >= 15 is 0 Å². The fourth-order valence-electron chi connectivity index (χ4n) is 3.77. The summed E-state index contributed by atoms with van der Waals surface area (Å²) in [4.78, 5) is 1.73. The van der Waals surface area contributed by atoms with E-state index in [0.29, 0.717) is 0 Å². The topological polar surface area (TPSA) is 27.1 Å². The summed E-state index contributed by atoms with van der Waals surface area (Å²) >= 11 is 0. The number of aromatic nitrogens is 2. The van der Waals surface area contributed by atoms with E-state index in [9.17, 15) is 0 Å². The molecule has 0 saturated heterocycles. The normalized spacial score (nSPS) is 12.3. The Morgan fingerprint density at radius 3 is 1.81 bits per heavy atom. The lowest BCUT2D eigenvalue weighted by Crippen LogP contribution is -2.70. The third-order valence-corrected chi connectivity index (χ3v) is 9.94. The van der Waals surface area contributed by atoms with Crippen LogP contribution in [-0.2, 0) is 0 Å². The van der Waals surface area contributed by atoms with Crippen LogP contribution >= 0.6 is 0 Å². The van der Waals surface area contributed by atoms with Gasteiger partial charge < -0.3 is 4.53 Å². The summed E-state index contributed by atoms with van der Waals surface area (Å²) in [5.74, 6) is 0. The maximum atomic E-state index is 6.94.